The average molecular weight is 297 g/mol. The van der Waals surface area contributed by atoms with Crippen molar-refractivity contribution in [3.05, 3.63) is 22.8 Å². The van der Waals surface area contributed by atoms with E-state index in [4.69, 9.17) is 5.26 Å². The Balaban J connectivity index is 2.09. The van der Waals surface area contributed by atoms with Gasteiger partial charge in [0.1, 0.15) is 5.03 Å². The minimum Gasteiger partial charge on any atom is -0.249 e. The summed E-state index contributed by atoms with van der Waals surface area (Å²) in [6.45, 7) is 0. The molecule has 1 aliphatic rings. The van der Waals surface area contributed by atoms with Crippen LogP contribution in [-0.2, 0) is 0 Å². The molecule has 0 aromatic carbocycles. The van der Waals surface area contributed by atoms with E-state index in [0.29, 0.717) is 5.25 Å². The van der Waals surface area contributed by atoms with Crippen molar-refractivity contribution in [2.45, 2.75) is 36.0 Å². The lowest BCUT2D eigenvalue weighted by atomic mass is 9.90. The van der Waals surface area contributed by atoms with Crippen molar-refractivity contribution in [3.8, 4) is 6.07 Å². The highest BCUT2D eigenvalue weighted by atomic mass is 79.9. The molecule has 0 spiro atoms. The number of nitriles is 1. The SMILES string of the molecule is N#CC1CCCCC1Sc1ncccc1Br. The van der Waals surface area contributed by atoms with Gasteiger partial charge >= 0.3 is 0 Å². The maximum atomic E-state index is 9.11. The zero-order valence-electron chi connectivity index (χ0n) is 8.90. The van der Waals surface area contributed by atoms with E-state index >= 15 is 0 Å². The molecule has 1 fully saturated rings. The van der Waals surface area contributed by atoms with Crippen molar-refractivity contribution in [1.29, 1.82) is 5.26 Å². The summed E-state index contributed by atoms with van der Waals surface area (Å²) >= 11 is 5.24. The van der Waals surface area contributed by atoms with E-state index < -0.39 is 0 Å². The molecule has 0 bridgehead atoms. The molecule has 1 aliphatic carbocycles. The highest BCUT2D eigenvalue weighted by Crippen LogP contribution is 2.38. The first-order valence-electron chi connectivity index (χ1n) is 5.48. The molecule has 0 amide bonds. The van der Waals surface area contributed by atoms with Gasteiger partial charge in [0.05, 0.1) is 12.0 Å². The van der Waals surface area contributed by atoms with Gasteiger partial charge in [0.25, 0.3) is 0 Å². The minimum atomic E-state index is 0.188. The van der Waals surface area contributed by atoms with Crippen LogP contribution < -0.4 is 0 Å². The molecule has 4 heteroatoms. The molecule has 0 aliphatic heterocycles. The van der Waals surface area contributed by atoms with Crippen LogP contribution in [0.4, 0.5) is 0 Å². The molecule has 1 heterocycles. The van der Waals surface area contributed by atoms with E-state index in [1.54, 1.807) is 18.0 Å². The maximum absolute atomic E-state index is 9.11. The first-order chi connectivity index (χ1) is 7.81. The van der Waals surface area contributed by atoms with Gasteiger partial charge in [0.2, 0.25) is 0 Å². The van der Waals surface area contributed by atoms with Gasteiger partial charge in [0.15, 0.2) is 0 Å². The lowest BCUT2D eigenvalue weighted by molar-refractivity contribution is 0.439. The fraction of sp³-hybridized carbons (Fsp3) is 0.500. The third kappa shape index (κ3) is 2.78. The molecule has 2 rings (SSSR count). The standard InChI is InChI=1S/C12H13BrN2S/c13-10-5-3-7-15-12(10)16-11-6-2-1-4-9(11)8-14/h3,5,7,9,11H,1-2,4,6H2. The Morgan fingerprint density at radius 1 is 1.44 bits per heavy atom. The van der Waals surface area contributed by atoms with Crippen LogP contribution in [0.1, 0.15) is 25.7 Å². The zero-order chi connectivity index (χ0) is 11.4. The van der Waals surface area contributed by atoms with Gasteiger partial charge in [0, 0.05) is 15.9 Å². The summed E-state index contributed by atoms with van der Waals surface area (Å²) in [5.74, 6) is 0.188. The van der Waals surface area contributed by atoms with E-state index in [1.807, 2.05) is 12.1 Å². The highest BCUT2D eigenvalue weighted by molar-refractivity contribution is 9.10. The Kier molecular flexibility index (Phi) is 4.25. The Bertz CT molecular complexity index is 402. The molecule has 16 heavy (non-hydrogen) atoms. The predicted octanol–water partition coefficient (Wildman–Crippen LogP) is 4.02. The fourth-order valence-corrected chi connectivity index (χ4v) is 3.76. The van der Waals surface area contributed by atoms with Crippen LogP contribution in [0.25, 0.3) is 0 Å². The van der Waals surface area contributed by atoms with Crippen molar-refractivity contribution < 1.29 is 0 Å². The normalized spacial score (nSPS) is 25.0. The largest absolute Gasteiger partial charge is 0.249 e. The van der Waals surface area contributed by atoms with E-state index in [0.717, 1.165) is 22.3 Å². The lowest BCUT2D eigenvalue weighted by Crippen LogP contribution is -2.20. The van der Waals surface area contributed by atoms with Crippen LogP contribution in [-0.4, -0.2) is 10.2 Å². The van der Waals surface area contributed by atoms with E-state index in [-0.39, 0.29) is 5.92 Å². The second kappa shape index (κ2) is 5.70. The topological polar surface area (TPSA) is 36.7 Å². The molecular weight excluding hydrogens is 284 g/mol. The molecule has 1 saturated carbocycles. The molecule has 1 aromatic rings. The number of pyridine rings is 1. The summed E-state index contributed by atoms with van der Waals surface area (Å²) in [4.78, 5) is 4.35. The molecule has 0 N–H and O–H groups in total. The first-order valence-corrected chi connectivity index (χ1v) is 7.15. The van der Waals surface area contributed by atoms with Crippen molar-refractivity contribution in [2.24, 2.45) is 5.92 Å². The van der Waals surface area contributed by atoms with Gasteiger partial charge in [-0.3, -0.25) is 0 Å². The van der Waals surface area contributed by atoms with Crippen LogP contribution in [0.5, 0.6) is 0 Å². The van der Waals surface area contributed by atoms with E-state index in [9.17, 15) is 0 Å². The van der Waals surface area contributed by atoms with Gasteiger partial charge in [-0.05, 0) is 40.9 Å². The summed E-state index contributed by atoms with van der Waals surface area (Å²) in [7, 11) is 0. The van der Waals surface area contributed by atoms with Crippen molar-refractivity contribution in [1.82, 2.24) is 4.98 Å². The molecule has 0 radical (unpaired) electrons. The second-order valence-corrected chi connectivity index (χ2v) is 6.05. The first kappa shape index (κ1) is 11.9. The smallest absolute Gasteiger partial charge is 0.110 e. The van der Waals surface area contributed by atoms with Crippen LogP contribution in [0.2, 0.25) is 0 Å². The number of halogens is 1. The third-order valence-corrected chi connectivity index (χ3v) is 5.17. The number of nitrogens with zero attached hydrogens (tertiary/aromatic N) is 2. The molecule has 2 unspecified atom stereocenters. The molecule has 0 saturated heterocycles. The monoisotopic (exact) mass is 296 g/mol. The van der Waals surface area contributed by atoms with E-state index in [2.05, 4.69) is 27.0 Å². The van der Waals surface area contributed by atoms with Gasteiger partial charge in [-0.25, -0.2) is 4.98 Å². The highest BCUT2D eigenvalue weighted by Gasteiger charge is 2.26. The fourth-order valence-electron chi connectivity index (χ4n) is 1.99. The lowest BCUT2D eigenvalue weighted by Gasteiger charge is -2.25. The summed E-state index contributed by atoms with van der Waals surface area (Å²) in [6, 6.07) is 6.34. The Labute approximate surface area is 109 Å². The van der Waals surface area contributed by atoms with Crippen LogP contribution in [0.3, 0.4) is 0 Å². The summed E-state index contributed by atoms with van der Waals surface area (Å²) in [6.07, 6.45) is 6.40. The second-order valence-electron chi connectivity index (χ2n) is 3.97. The number of hydrogen-bond donors (Lipinski definition) is 0. The van der Waals surface area contributed by atoms with Gasteiger partial charge in [-0.1, -0.05) is 12.8 Å². The summed E-state index contributed by atoms with van der Waals surface area (Å²) in [5.41, 5.74) is 0. The number of rotatable bonds is 2. The van der Waals surface area contributed by atoms with Crippen molar-refractivity contribution in [2.75, 3.05) is 0 Å². The van der Waals surface area contributed by atoms with Crippen molar-refractivity contribution >= 4 is 27.7 Å². The molecule has 1 aromatic heterocycles. The van der Waals surface area contributed by atoms with Crippen LogP contribution in [0, 0.1) is 17.2 Å². The quantitative estimate of drug-likeness (QED) is 0.827. The maximum Gasteiger partial charge on any atom is 0.110 e. The third-order valence-electron chi connectivity index (χ3n) is 2.86. The number of thioether (sulfide) groups is 1. The Morgan fingerprint density at radius 3 is 3.00 bits per heavy atom. The molecule has 84 valence electrons. The zero-order valence-corrected chi connectivity index (χ0v) is 11.3. The number of aromatic nitrogens is 1. The average Bonchev–Trinajstić information content (AvgIpc) is 2.33. The number of hydrogen-bond acceptors (Lipinski definition) is 3. The predicted molar refractivity (Wildman–Crippen MR) is 69.2 cm³/mol. The van der Waals surface area contributed by atoms with Crippen molar-refractivity contribution in [3.63, 3.8) is 0 Å². The summed E-state index contributed by atoms with van der Waals surface area (Å²) < 4.78 is 1.03. The van der Waals surface area contributed by atoms with Crippen LogP contribution >= 0.6 is 27.7 Å². The van der Waals surface area contributed by atoms with Crippen LogP contribution in [0.15, 0.2) is 27.8 Å². The molecular formula is C12H13BrN2S. The Morgan fingerprint density at radius 2 is 2.25 bits per heavy atom. The van der Waals surface area contributed by atoms with E-state index in [1.165, 1.54) is 12.8 Å². The Hall–Kier alpha value is -0.530. The van der Waals surface area contributed by atoms with Gasteiger partial charge in [-0.15, -0.1) is 11.8 Å². The molecule has 2 nitrogen and oxygen atoms in total. The van der Waals surface area contributed by atoms with Gasteiger partial charge in [-0.2, -0.15) is 5.26 Å². The van der Waals surface area contributed by atoms with Gasteiger partial charge < -0.3 is 0 Å². The molecule has 2 atom stereocenters. The minimum absolute atomic E-state index is 0.188. The summed E-state index contributed by atoms with van der Waals surface area (Å²) in [5, 5.41) is 10.5.